The molecule has 0 heterocycles. The highest BCUT2D eigenvalue weighted by Gasteiger charge is 1.68. The maximum absolute atomic E-state index is 5.03. The van der Waals surface area contributed by atoms with E-state index in [0.29, 0.717) is 0 Å². The molecular formula is C3H8N4. The van der Waals surface area contributed by atoms with Crippen LogP contribution in [0.25, 0.3) is 0 Å². The van der Waals surface area contributed by atoms with Gasteiger partial charge in [-0.1, -0.05) is 0 Å². The summed E-state index contributed by atoms with van der Waals surface area (Å²) in [5.74, 6) is 5.03. The summed E-state index contributed by atoms with van der Waals surface area (Å²) in [6.07, 6.45) is 1.26. The maximum atomic E-state index is 5.03. The van der Waals surface area contributed by atoms with E-state index in [1.54, 1.807) is 7.05 Å². The lowest BCUT2D eigenvalue weighted by Crippen LogP contribution is -2.18. The topological polar surface area (TPSA) is 54.0 Å². The Bertz CT molecular complexity index is 75.0. The number of aliphatic imine (C=N–C) groups is 1. The molecule has 4 heteroatoms. The van der Waals surface area contributed by atoms with Gasteiger partial charge >= 0.3 is 0 Å². The molecule has 0 amide bonds. The van der Waals surface area contributed by atoms with Crippen LogP contribution in [0.4, 0.5) is 0 Å². The molecule has 0 rings (SSSR count). The van der Waals surface area contributed by atoms with Gasteiger partial charge in [0.15, 0.2) is 0 Å². The largest absolute Gasteiger partial charge is 0.251 e. The van der Waals surface area contributed by atoms with Gasteiger partial charge in [-0.05, 0) is 6.72 Å². The van der Waals surface area contributed by atoms with Crippen molar-refractivity contribution >= 4 is 13.1 Å². The fraction of sp³-hybridized carbons (Fsp3) is 0.333. The van der Waals surface area contributed by atoms with Crippen LogP contribution in [0.1, 0.15) is 0 Å². The molecular weight excluding hydrogens is 92.1 g/mol. The Hall–Kier alpha value is -0.900. The van der Waals surface area contributed by atoms with Gasteiger partial charge in [0, 0.05) is 7.05 Å². The number of hydrazone groups is 1. The van der Waals surface area contributed by atoms with Gasteiger partial charge in [-0.2, -0.15) is 5.10 Å². The molecule has 0 aromatic heterocycles. The number of rotatable bonds is 2. The molecule has 0 aromatic carbocycles. The van der Waals surface area contributed by atoms with Crippen LogP contribution in [0.2, 0.25) is 0 Å². The summed E-state index contributed by atoms with van der Waals surface area (Å²) in [5, 5.41) is 4.65. The SMILES string of the molecule is C=N/C=N\N(C)N. The molecule has 0 fully saturated rings. The Morgan fingerprint density at radius 1 is 1.86 bits per heavy atom. The van der Waals surface area contributed by atoms with Crippen LogP contribution in [-0.4, -0.2) is 25.2 Å². The van der Waals surface area contributed by atoms with E-state index in [1.165, 1.54) is 6.34 Å². The summed E-state index contributed by atoms with van der Waals surface area (Å²) in [5.41, 5.74) is 0. The van der Waals surface area contributed by atoms with E-state index < -0.39 is 0 Å². The molecule has 0 spiro atoms. The van der Waals surface area contributed by atoms with Crippen LogP contribution in [0.15, 0.2) is 10.1 Å². The van der Waals surface area contributed by atoms with Gasteiger partial charge in [-0.3, -0.25) is 4.99 Å². The summed E-state index contributed by atoms with van der Waals surface area (Å²) < 4.78 is 0. The molecule has 0 bridgehead atoms. The van der Waals surface area contributed by atoms with Crippen molar-refractivity contribution in [3.8, 4) is 0 Å². The highest BCUT2D eigenvalue weighted by Crippen LogP contribution is 1.63. The molecule has 7 heavy (non-hydrogen) atoms. The number of hydrogen-bond acceptors (Lipinski definition) is 3. The van der Waals surface area contributed by atoms with Crippen LogP contribution in [0.5, 0.6) is 0 Å². The average molecular weight is 100 g/mol. The van der Waals surface area contributed by atoms with E-state index >= 15 is 0 Å². The summed E-state index contributed by atoms with van der Waals surface area (Å²) in [6, 6.07) is 0. The molecule has 0 aliphatic rings. The first-order chi connectivity index (χ1) is 3.27. The van der Waals surface area contributed by atoms with Gasteiger partial charge in [0.1, 0.15) is 6.34 Å². The molecule has 0 aliphatic heterocycles. The fourth-order valence-electron chi connectivity index (χ4n) is 0.118. The van der Waals surface area contributed by atoms with E-state index in [-0.39, 0.29) is 0 Å². The number of hydrazine groups is 1. The van der Waals surface area contributed by atoms with Crippen molar-refractivity contribution in [2.75, 3.05) is 7.05 Å². The fourth-order valence-corrected chi connectivity index (χ4v) is 0.118. The molecule has 40 valence electrons. The summed E-state index contributed by atoms with van der Waals surface area (Å²) in [7, 11) is 1.60. The van der Waals surface area contributed by atoms with Gasteiger partial charge in [0.05, 0.1) is 0 Å². The monoisotopic (exact) mass is 100 g/mol. The lowest BCUT2D eigenvalue weighted by molar-refractivity contribution is 0.373. The standard InChI is InChI=1S/C3H8N4/c1-5-3-6-7(2)4/h3H,1,4H2,2H3/b6-3-. The molecule has 0 atom stereocenters. The molecule has 0 saturated heterocycles. The van der Waals surface area contributed by atoms with Crippen LogP contribution in [-0.2, 0) is 0 Å². The lowest BCUT2D eigenvalue weighted by Gasteiger charge is -1.98. The third kappa shape index (κ3) is 5.10. The minimum absolute atomic E-state index is 1.15. The first-order valence-electron chi connectivity index (χ1n) is 1.74. The zero-order valence-corrected chi connectivity index (χ0v) is 4.20. The lowest BCUT2D eigenvalue weighted by atomic mass is 11.3. The van der Waals surface area contributed by atoms with Gasteiger partial charge < -0.3 is 0 Å². The molecule has 0 unspecified atom stereocenters. The van der Waals surface area contributed by atoms with Crippen LogP contribution in [0.3, 0.4) is 0 Å². The quantitative estimate of drug-likeness (QED) is 0.219. The Kier molecular flexibility index (Phi) is 2.87. The Labute approximate surface area is 42.3 Å². The second-order valence-electron chi connectivity index (χ2n) is 0.987. The number of hydrogen-bond donors (Lipinski definition) is 1. The summed E-state index contributed by atoms with van der Waals surface area (Å²) in [4.78, 5) is 3.31. The second-order valence-corrected chi connectivity index (χ2v) is 0.987. The van der Waals surface area contributed by atoms with Gasteiger partial charge in [-0.25, -0.2) is 11.0 Å². The normalized spacial score (nSPS) is 9.43. The summed E-state index contributed by atoms with van der Waals surface area (Å²) >= 11 is 0. The zero-order chi connectivity index (χ0) is 5.70. The van der Waals surface area contributed by atoms with Crippen LogP contribution in [0, 0.1) is 0 Å². The van der Waals surface area contributed by atoms with E-state index in [2.05, 4.69) is 16.8 Å². The smallest absolute Gasteiger partial charge is 0.136 e. The highest BCUT2D eigenvalue weighted by molar-refractivity contribution is 5.61. The predicted octanol–water partition coefficient (Wildman–Crippen LogP) is -0.564. The molecule has 0 aliphatic carbocycles. The van der Waals surface area contributed by atoms with Crippen molar-refractivity contribution in [3.63, 3.8) is 0 Å². The van der Waals surface area contributed by atoms with Crippen molar-refractivity contribution in [3.05, 3.63) is 0 Å². The Balaban J connectivity index is 3.25. The third-order valence-electron chi connectivity index (χ3n) is 0.315. The van der Waals surface area contributed by atoms with Gasteiger partial charge in [-0.15, -0.1) is 0 Å². The van der Waals surface area contributed by atoms with Crippen molar-refractivity contribution in [1.29, 1.82) is 0 Å². The van der Waals surface area contributed by atoms with Crippen molar-refractivity contribution in [1.82, 2.24) is 5.12 Å². The van der Waals surface area contributed by atoms with E-state index in [4.69, 9.17) is 5.84 Å². The second kappa shape index (κ2) is 3.30. The molecule has 0 radical (unpaired) electrons. The summed E-state index contributed by atoms with van der Waals surface area (Å²) in [6.45, 7) is 3.15. The van der Waals surface area contributed by atoms with Gasteiger partial charge in [0.2, 0.25) is 0 Å². The molecule has 0 saturated carbocycles. The predicted molar refractivity (Wildman–Crippen MR) is 30.0 cm³/mol. The molecule has 2 N–H and O–H groups in total. The first kappa shape index (κ1) is 6.10. The molecule has 0 aromatic rings. The molecule has 4 nitrogen and oxygen atoms in total. The average Bonchev–Trinajstić information content (AvgIpc) is 1.61. The van der Waals surface area contributed by atoms with Crippen LogP contribution < -0.4 is 5.84 Å². The number of nitrogens with two attached hydrogens (primary N) is 1. The Morgan fingerprint density at radius 2 is 2.43 bits per heavy atom. The number of nitrogens with zero attached hydrogens (tertiary/aromatic N) is 3. The first-order valence-corrected chi connectivity index (χ1v) is 1.74. The Morgan fingerprint density at radius 3 is 2.57 bits per heavy atom. The minimum Gasteiger partial charge on any atom is -0.251 e. The van der Waals surface area contributed by atoms with E-state index in [9.17, 15) is 0 Å². The van der Waals surface area contributed by atoms with Crippen molar-refractivity contribution in [2.24, 2.45) is 15.9 Å². The highest BCUT2D eigenvalue weighted by atomic mass is 15.6. The maximum Gasteiger partial charge on any atom is 0.136 e. The van der Waals surface area contributed by atoms with E-state index in [0.717, 1.165) is 5.12 Å². The van der Waals surface area contributed by atoms with Crippen molar-refractivity contribution in [2.45, 2.75) is 0 Å². The zero-order valence-electron chi connectivity index (χ0n) is 4.20. The van der Waals surface area contributed by atoms with Crippen LogP contribution >= 0.6 is 0 Å². The van der Waals surface area contributed by atoms with Crippen molar-refractivity contribution < 1.29 is 0 Å². The third-order valence-corrected chi connectivity index (χ3v) is 0.315. The van der Waals surface area contributed by atoms with Gasteiger partial charge in [0.25, 0.3) is 0 Å². The minimum atomic E-state index is 1.15. The van der Waals surface area contributed by atoms with E-state index in [1.807, 2.05) is 0 Å².